The van der Waals surface area contributed by atoms with E-state index < -0.39 is 0 Å². The molecule has 4 heteroatoms. The highest BCUT2D eigenvalue weighted by molar-refractivity contribution is 5.09. The van der Waals surface area contributed by atoms with E-state index >= 15 is 0 Å². The quantitative estimate of drug-likeness (QED) is 0.771. The van der Waals surface area contributed by atoms with Crippen molar-refractivity contribution >= 4 is 0 Å². The Kier molecular flexibility index (Phi) is 6.36. The Balaban J connectivity index is 2.52. The lowest BCUT2D eigenvalue weighted by Crippen LogP contribution is -2.35. The molecule has 1 aromatic rings. The predicted octanol–water partition coefficient (Wildman–Crippen LogP) is 2.18. The molecule has 0 aliphatic rings. The molecule has 1 unspecified atom stereocenters. The minimum absolute atomic E-state index is 0.0630. The standard InChI is InChI=1S/C14H28N4/c1-5-12(6-2)9-18(7-3)11-14(15)13-8-16-17(4)10-13/h8,10,12,14H,5-7,9,11,15H2,1-4H3. The number of likely N-dealkylation sites (N-methyl/N-ethyl adjacent to an activating group) is 1. The van der Waals surface area contributed by atoms with E-state index in [1.807, 2.05) is 24.1 Å². The van der Waals surface area contributed by atoms with E-state index in [0.29, 0.717) is 0 Å². The second-order valence-corrected chi connectivity index (χ2v) is 5.09. The molecule has 0 aliphatic heterocycles. The van der Waals surface area contributed by atoms with Gasteiger partial charge < -0.3 is 10.6 Å². The second kappa shape index (κ2) is 7.54. The molecule has 1 aromatic heterocycles. The van der Waals surface area contributed by atoms with Gasteiger partial charge in [0.2, 0.25) is 0 Å². The van der Waals surface area contributed by atoms with Crippen LogP contribution >= 0.6 is 0 Å². The van der Waals surface area contributed by atoms with Gasteiger partial charge in [0, 0.05) is 37.9 Å². The number of hydrogen-bond acceptors (Lipinski definition) is 3. The number of hydrogen-bond donors (Lipinski definition) is 1. The topological polar surface area (TPSA) is 47.1 Å². The summed E-state index contributed by atoms with van der Waals surface area (Å²) in [7, 11) is 1.93. The van der Waals surface area contributed by atoms with Crippen molar-refractivity contribution in [2.45, 2.75) is 39.7 Å². The SMILES string of the molecule is CCC(CC)CN(CC)CC(N)c1cnn(C)c1. The average molecular weight is 252 g/mol. The first-order chi connectivity index (χ1) is 8.60. The summed E-state index contributed by atoms with van der Waals surface area (Å²) >= 11 is 0. The zero-order chi connectivity index (χ0) is 13.5. The number of aryl methyl sites for hydroxylation is 1. The van der Waals surface area contributed by atoms with Crippen LogP contribution in [0.1, 0.15) is 45.2 Å². The summed E-state index contributed by atoms with van der Waals surface area (Å²) in [5.74, 6) is 0.783. The first-order valence-electron chi connectivity index (χ1n) is 7.07. The minimum atomic E-state index is 0.0630. The fraction of sp³-hybridized carbons (Fsp3) is 0.786. The van der Waals surface area contributed by atoms with Gasteiger partial charge in [-0.2, -0.15) is 5.10 Å². The Morgan fingerprint density at radius 1 is 1.28 bits per heavy atom. The third-order valence-corrected chi connectivity index (χ3v) is 3.73. The van der Waals surface area contributed by atoms with E-state index in [9.17, 15) is 0 Å². The molecule has 0 saturated heterocycles. The highest BCUT2D eigenvalue weighted by Gasteiger charge is 2.15. The van der Waals surface area contributed by atoms with Gasteiger partial charge in [-0.15, -0.1) is 0 Å². The molecule has 1 atom stereocenters. The van der Waals surface area contributed by atoms with Crippen molar-refractivity contribution in [2.24, 2.45) is 18.7 Å². The van der Waals surface area contributed by atoms with Gasteiger partial charge in [-0.1, -0.05) is 33.6 Å². The van der Waals surface area contributed by atoms with Crippen LogP contribution in [0.25, 0.3) is 0 Å². The van der Waals surface area contributed by atoms with Crippen molar-refractivity contribution < 1.29 is 0 Å². The fourth-order valence-electron chi connectivity index (χ4n) is 2.26. The molecule has 1 rings (SSSR count). The molecular weight excluding hydrogens is 224 g/mol. The summed E-state index contributed by atoms with van der Waals surface area (Å²) in [5.41, 5.74) is 7.37. The van der Waals surface area contributed by atoms with E-state index in [0.717, 1.165) is 31.1 Å². The highest BCUT2D eigenvalue weighted by Crippen LogP contribution is 2.14. The van der Waals surface area contributed by atoms with Crippen LogP contribution < -0.4 is 5.73 Å². The van der Waals surface area contributed by atoms with E-state index in [1.165, 1.54) is 12.8 Å². The lowest BCUT2D eigenvalue weighted by molar-refractivity contribution is 0.222. The van der Waals surface area contributed by atoms with Gasteiger partial charge in [-0.3, -0.25) is 4.68 Å². The number of rotatable bonds is 8. The average Bonchev–Trinajstić information content (AvgIpc) is 2.81. The molecule has 1 heterocycles. The molecule has 0 saturated carbocycles. The van der Waals surface area contributed by atoms with Crippen LogP contribution in [-0.2, 0) is 7.05 Å². The first-order valence-corrected chi connectivity index (χ1v) is 7.07. The summed E-state index contributed by atoms with van der Waals surface area (Å²) in [6.45, 7) is 9.87. The molecule has 2 N–H and O–H groups in total. The Hall–Kier alpha value is -0.870. The van der Waals surface area contributed by atoms with Gasteiger partial charge in [-0.05, 0) is 12.5 Å². The Morgan fingerprint density at radius 3 is 2.39 bits per heavy atom. The summed E-state index contributed by atoms with van der Waals surface area (Å²) in [4.78, 5) is 2.45. The maximum Gasteiger partial charge on any atom is 0.0537 e. The number of nitrogens with two attached hydrogens (primary N) is 1. The van der Waals surface area contributed by atoms with Crippen LogP contribution in [-0.4, -0.2) is 34.3 Å². The van der Waals surface area contributed by atoms with Crippen molar-refractivity contribution in [3.05, 3.63) is 18.0 Å². The zero-order valence-corrected chi connectivity index (χ0v) is 12.3. The van der Waals surface area contributed by atoms with Crippen LogP contribution in [0.4, 0.5) is 0 Å². The summed E-state index contributed by atoms with van der Waals surface area (Å²) < 4.78 is 1.81. The molecule has 0 aromatic carbocycles. The van der Waals surface area contributed by atoms with Crippen molar-refractivity contribution in [1.82, 2.24) is 14.7 Å². The van der Waals surface area contributed by atoms with Crippen LogP contribution in [0, 0.1) is 5.92 Å². The van der Waals surface area contributed by atoms with Crippen molar-refractivity contribution in [3.8, 4) is 0 Å². The lowest BCUT2D eigenvalue weighted by Gasteiger charge is -2.27. The Bertz CT molecular complexity index is 330. The Labute approximate surface area is 111 Å². The normalized spacial score (nSPS) is 13.5. The molecule has 0 amide bonds. The summed E-state index contributed by atoms with van der Waals surface area (Å²) in [6, 6.07) is 0.0630. The van der Waals surface area contributed by atoms with Gasteiger partial charge >= 0.3 is 0 Å². The van der Waals surface area contributed by atoms with E-state index in [1.54, 1.807) is 0 Å². The van der Waals surface area contributed by atoms with Crippen LogP contribution in [0.3, 0.4) is 0 Å². The van der Waals surface area contributed by atoms with Crippen molar-refractivity contribution in [3.63, 3.8) is 0 Å². The molecule has 0 bridgehead atoms. The molecule has 104 valence electrons. The summed E-state index contributed by atoms with van der Waals surface area (Å²) in [5, 5.41) is 4.18. The molecule has 0 radical (unpaired) electrons. The monoisotopic (exact) mass is 252 g/mol. The summed E-state index contributed by atoms with van der Waals surface area (Å²) in [6.07, 6.45) is 6.37. The van der Waals surface area contributed by atoms with Gasteiger partial charge in [0.1, 0.15) is 0 Å². The maximum absolute atomic E-state index is 6.25. The molecule has 0 aliphatic carbocycles. The lowest BCUT2D eigenvalue weighted by atomic mass is 10.0. The maximum atomic E-state index is 6.25. The Morgan fingerprint density at radius 2 is 1.94 bits per heavy atom. The van der Waals surface area contributed by atoms with Gasteiger partial charge in [-0.25, -0.2) is 0 Å². The fourth-order valence-corrected chi connectivity index (χ4v) is 2.26. The van der Waals surface area contributed by atoms with Crippen LogP contribution in [0.5, 0.6) is 0 Å². The smallest absolute Gasteiger partial charge is 0.0537 e. The van der Waals surface area contributed by atoms with Gasteiger partial charge in [0.15, 0.2) is 0 Å². The van der Waals surface area contributed by atoms with Crippen molar-refractivity contribution in [2.75, 3.05) is 19.6 Å². The van der Waals surface area contributed by atoms with Crippen molar-refractivity contribution in [1.29, 1.82) is 0 Å². The van der Waals surface area contributed by atoms with E-state index in [4.69, 9.17) is 5.73 Å². The zero-order valence-electron chi connectivity index (χ0n) is 12.3. The molecule has 0 fully saturated rings. The second-order valence-electron chi connectivity index (χ2n) is 5.09. The largest absolute Gasteiger partial charge is 0.323 e. The first kappa shape index (κ1) is 15.2. The van der Waals surface area contributed by atoms with Gasteiger partial charge in [0.05, 0.1) is 6.20 Å². The minimum Gasteiger partial charge on any atom is -0.323 e. The number of nitrogens with zero attached hydrogens (tertiary/aromatic N) is 3. The molecule has 0 spiro atoms. The van der Waals surface area contributed by atoms with Crippen LogP contribution in [0.2, 0.25) is 0 Å². The van der Waals surface area contributed by atoms with E-state index in [2.05, 4.69) is 30.8 Å². The predicted molar refractivity (Wildman–Crippen MR) is 76.3 cm³/mol. The molecular formula is C14H28N4. The molecule has 4 nitrogen and oxygen atoms in total. The third-order valence-electron chi connectivity index (χ3n) is 3.73. The highest BCUT2D eigenvalue weighted by atomic mass is 15.2. The molecule has 18 heavy (non-hydrogen) atoms. The van der Waals surface area contributed by atoms with Gasteiger partial charge in [0.25, 0.3) is 0 Å². The van der Waals surface area contributed by atoms with Crippen LogP contribution in [0.15, 0.2) is 12.4 Å². The number of aromatic nitrogens is 2. The van der Waals surface area contributed by atoms with E-state index in [-0.39, 0.29) is 6.04 Å². The third kappa shape index (κ3) is 4.42.